The predicted molar refractivity (Wildman–Crippen MR) is 101 cm³/mol. The molecule has 0 fully saturated rings. The van der Waals surface area contributed by atoms with Crippen molar-refractivity contribution >= 4 is 29.5 Å². The molecule has 0 radical (unpaired) electrons. The van der Waals surface area contributed by atoms with Gasteiger partial charge in [0, 0.05) is 34.9 Å². The van der Waals surface area contributed by atoms with Crippen LogP contribution in [0.25, 0.3) is 5.69 Å². The SMILES string of the molecule is Cc1cc(C=Nc2ccc(F)cc2F)c(C)n1-c1ccc(C(=O)O)c(Cl)c1. The lowest BCUT2D eigenvalue weighted by atomic mass is 10.2. The molecule has 0 aliphatic heterocycles. The lowest BCUT2D eigenvalue weighted by Crippen LogP contribution is -2.02. The number of rotatable bonds is 4. The predicted octanol–water partition coefficient (Wildman–Crippen LogP) is 5.47. The summed E-state index contributed by atoms with van der Waals surface area (Å²) in [5, 5.41) is 9.23. The van der Waals surface area contributed by atoms with Gasteiger partial charge >= 0.3 is 5.97 Å². The summed E-state index contributed by atoms with van der Waals surface area (Å²) in [6.07, 6.45) is 1.50. The summed E-state index contributed by atoms with van der Waals surface area (Å²) in [7, 11) is 0. The quantitative estimate of drug-likeness (QED) is 0.602. The Balaban J connectivity index is 1.99. The number of carboxylic acids is 1. The third-order valence-corrected chi connectivity index (χ3v) is 4.48. The van der Waals surface area contributed by atoms with E-state index in [0.717, 1.165) is 29.1 Å². The van der Waals surface area contributed by atoms with Crippen molar-refractivity contribution in [2.45, 2.75) is 13.8 Å². The van der Waals surface area contributed by atoms with E-state index in [4.69, 9.17) is 16.7 Å². The van der Waals surface area contributed by atoms with E-state index in [-0.39, 0.29) is 16.3 Å². The highest BCUT2D eigenvalue weighted by Gasteiger charge is 2.13. The molecule has 0 saturated heterocycles. The molecule has 3 rings (SSSR count). The number of hydrogen-bond acceptors (Lipinski definition) is 2. The van der Waals surface area contributed by atoms with Gasteiger partial charge in [0.05, 0.1) is 16.3 Å². The van der Waals surface area contributed by atoms with Crippen molar-refractivity contribution in [3.63, 3.8) is 0 Å². The average Bonchev–Trinajstić information content (AvgIpc) is 2.87. The van der Waals surface area contributed by atoms with Gasteiger partial charge < -0.3 is 9.67 Å². The number of hydrogen-bond donors (Lipinski definition) is 1. The van der Waals surface area contributed by atoms with Crippen molar-refractivity contribution < 1.29 is 18.7 Å². The molecule has 1 N–H and O–H groups in total. The van der Waals surface area contributed by atoms with Crippen LogP contribution in [-0.4, -0.2) is 21.9 Å². The van der Waals surface area contributed by atoms with Gasteiger partial charge in [-0.15, -0.1) is 0 Å². The zero-order valence-electron chi connectivity index (χ0n) is 14.5. The standard InChI is InChI=1S/C20H15ClF2N2O2/c1-11-7-13(10-24-19-6-3-14(22)8-18(19)23)12(2)25(11)15-4-5-16(20(26)27)17(21)9-15/h3-10H,1-2H3,(H,26,27). The van der Waals surface area contributed by atoms with Crippen molar-refractivity contribution in [3.05, 3.63) is 81.6 Å². The van der Waals surface area contributed by atoms with Crippen molar-refractivity contribution in [2.24, 2.45) is 4.99 Å². The first-order valence-corrected chi connectivity index (χ1v) is 8.37. The second kappa shape index (κ2) is 7.32. The number of halogens is 3. The number of benzene rings is 2. The maximum Gasteiger partial charge on any atom is 0.337 e. The molecule has 0 amide bonds. The van der Waals surface area contributed by atoms with Crippen LogP contribution in [0.5, 0.6) is 0 Å². The summed E-state index contributed by atoms with van der Waals surface area (Å²) in [4.78, 5) is 15.2. The first-order chi connectivity index (χ1) is 12.8. The van der Waals surface area contributed by atoms with Crippen molar-refractivity contribution in [3.8, 4) is 5.69 Å². The van der Waals surface area contributed by atoms with Crippen LogP contribution < -0.4 is 0 Å². The van der Waals surface area contributed by atoms with Crippen LogP contribution in [0, 0.1) is 25.5 Å². The third kappa shape index (κ3) is 3.75. The zero-order chi connectivity index (χ0) is 19.7. The molecule has 0 atom stereocenters. The minimum absolute atomic E-state index is 0.0245. The van der Waals surface area contributed by atoms with E-state index >= 15 is 0 Å². The molecule has 0 bridgehead atoms. The molecule has 1 aromatic heterocycles. The fourth-order valence-electron chi connectivity index (χ4n) is 2.86. The number of carboxylic acid groups (broad SMARTS) is 1. The Morgan fingerprint density at radius 1 is 1.15 bits per heavy atom. The van der Waals surface area contributed by atoms with Gasteiger partial charge in [-0.05, 0) is 50.2 Å². The molecular formula is C20H15ClF2N2O2. The average molecular weight is 389 g/mol. The Morgan fingerprint density at radius 2 is 1.89 bits per heavy atom. The minimum Gasteiger partial charge on any atom is -0.478 e. The van der Waals surface area contributed by atoms with Gasteiger partial charge in [-0.2, -0.15) is 0 Å². The molecule has 4 nitrogen and oxygen atoms in total. The van der Waals surface area contributed by atoms with Gasteiger partial charge in [0.1, 0.15) is 5.82 Å². The highest BCUT2D eigenvalue weighted by atomic mass is 35.5. The largest absolute Gasteiger partial charge is 0.478 e. The first-order valence-electron chi connectivity index (χ1n) is 7.99. The van der Waals surface area contributed by atoms with Gasteiger partial charge in [0.15, 0.2) is 5.82 Å². The molecule has 3 aromatic rings. The molecule has 27 heavy (non-hydrogen) atoms. The summed E-state index contributed by atoms with van der Waals surface area (Å²) < 4.78 is 28.6. The molecule has 0 saturated carbocycles. The lowest BCUT2D eigenvalue weighted by Gasteiger charge is -2.11. The van der Waals surface area contributed by atoms with E-state index in [0.29, 0.717) is 5.69 Å². The molecular weight excluding hydrogens is 374 g/mol. The number of nitrogens with zero attached hydrogens (tertiary/aromatic N) is 2. The van der Waals surface area contributed by atoms with Crippen LogP contribution in [-0.2, 0) is 0 Å². The first kappa shape index (κ1) is 18.8. The van der Waals surface area contributed by atoms with Crippen LogP contribution in [0.4, 0.5) is 14.5 Å². The van der Waals surface area contributed by atoms with E-state index < -0.39 is 17.6 Å². The molecule has 138 valence electrons. The highest BCUT2D eigenvalue weighted by Crippen LogP contribution is 2.25. The zero-order valence-corrected chi connectivity index (χ0v) is 15.3. The number of aromatic nitrogens is 1. The smallest absolute Gasteiger partial charge is 0.337 e. The maximum atomic E-state index is 13.7. The topological polar surface area (TPSA) is 54.6 Å². The fraction of sp³-hybridized carbons (Fsp3) is 0.100. The Labute approximate surface area is 159 Å². The van der Waals surface area contributed by atoms with Crippen LogP contribution in [0.3, 0.4) is 0 Å². The van der Waals surface area contributed by atoms with Gasteiger partial charge in [-0.3, -0.25) is 4.99 Å². The minimum atomic E-state index is -1.10. The number of aliphatic imine (C=N–C) groups is 1. The van der Waals surface area contributed by atoms with Crippen LogP contribution >= 0.6 is 11.6 Å². The number of aromatic carboxylic acids is 1. The Morgan fingerprint density at radius 3 is 2.52 bits per heavy atom. The highest BCUT2D eigenvalue weighted by molar-refractivity contribution is 6.33. The van der Waals surface area contributed by atoms with Gasteiger partial charge in [0.25, 0.3) is 0 Å². The van der Waals surface area contributed by atoms with E-state index in [1.54, 1.807) is 12.1 Å². The van der Waals surface area contributed by atoms with Crippen LogP contribution in [0.15, 0.2) is 47.5 Å². The van der Waals surface area contributed by atoms with Crippen molar-refractivity contribution in [2.75, 3.05) is 0 Å². The second-order valence-corrected chi connectivity index (χ2v) is 6.39. The Hall–Kier alpha value is -2.99. The van der Waals surface area contributed by atoms with E-state index in [2.05, 4.69) is 4.99 Å². The summed E-state index contributed by atoms with van der Waals surface area (Å²) in [5.74, 6) is -2.50. The third-order valence-electron chi connectivity index (χ3n) is 4.16. The molecule has 0 aliphatic carbocycles. The summed E-state index contributed by atoms with van der Waals surface area (Å²) in [6.45, 7) is 3.73. The fourth-order valence-corrected chi connectivity index (χ4v) is 3.11. The van der Waals surface area contributed by atoms with Crippen LogP contribution in [0.2, 0.25) is 5.02 Å². The summed E-state index contributed by atoms with van der Waals surface area (Å²) in [5.41, 5.74) is 3.19. The van der Waals surface area contributed by atoms with Crippen molar-refractivity contribution in [1.29, 1.82) is 0 Å². The normalized spacial score (nSPS) is 11.3. The van der Waals surface area contributed by atoms with Gasteiger partial charge in [0.2, 0.25) is 0 Å². The maximum absolute atomic E-state index is 13.7. The number of carbonyl (C=O) groups is 1. The molecule has 0 aliphatic rings. The number of aryl methyl sites for hydroxylation is 1. The monoisotopic (exact) mass is 388 g/mol. The van der Waals surface area contributed by atoms with Crippen molar-refractivity contribution in [1.82, 2.24) is 4.57 Å². The lowest BCUT2D eigenvalue weighted by molar-refractivity contribution is 0.0697. The molecule has 7 heteroatoms. The van der Waals surface area contributed by atoms with E-state index in [1.165, 1.54) is 18.3 Å². The molecule has 2 aromatic carbocycles. The van der Waals surface area contributed by atoms with E-state index in [9.17, 15) is 13.6 Å². The molecule has 0 spiro atoms. The Kier molecular flexibility index (Phi) is 5.10. The van der Waals surface area contributed by atoms with Gasteiger partial charge in [-0.1, -0.05) is 11.6 Å². The second-order valence-electron chi connectivity index (χ2n) is 5.99. The van der Waals surface area contributed by atoms with Gasteiger partial charge in [-0.25, -0.2) is 13.6 Å². The van der Waals surface area contributed by atoms with E-state index in [1.807, 2.05) is 24.5 Å². The van der Waals surface area contributed by atoms with Crippen LogP contribution in [0.1, 0.15) is 27.3 Å². The summed E-state index contributed by atoms with van der Waals surface area (Å²) >= 11 is 6.06. The Bertz CT molecular complexity index is 1070. The molecule has 1 heterocycles. The molecule has 0 unspecified atom stereocenters. The summed E-state index contributed by atoms with van der Waals surface area (Å²) in [6, 6.07) is 9.74.